The van der Waals surface area contributed by atoms with Crippen molar-refractivity contribution in [2.45, 2.75) is 31.9 Å². The molecule has 2 aliphatic rings. The summed E-state index contributed by atoms with van der Waals surface area (Å²) < 4.78 is 39.0. The van der Waals surface area contributed by atoms with Gasteiger partial charge in [0.1, 0.15) is 5.82 Å². The highest BCUT2D eigenvalue weighted by Gasteiger charge is 2.40. The second-order valence-electron chi connectivity index (χ2n) is 9.07. The van der Waals surface area contributed by atoms with Gasteiger partial charge >= 0.3 is 6.18 Å². The van der Waals surface area contributed by atoms with Crippen LogP contribution in [0.5, 0.6) is 0 Å². The molecule has 0 bridgehead atoms. The lowest BCUT2D eigenvalue weighted by Gasteiger charge is -2.40. The summed E-state index contributed by atoms with van der Waals surface area (Å²) in [6, 6.07) is 5.16. The molecule has 32 heavy (non-hydrogen) atoms. The van der Waals surface area contributed by atoms with Crippen LogP contribution in [0.25, 0.3) is 22.3 Å². The first-order chi connectivity index (χ1) is 15.3. The molecule has 6 nitrogen and oxygen atoms in total. The van der Waals surface area contributed by atoms with Gasteiger partial charge in [-0.05, 0) is 56.5 Å². The normalized spacial score (nSPS) is 19.2. The topological polar surface area (TPSA) is 58.0 Å². The summed E-state index contributed by atoms with van der Waals surface area (Å²) in [5, 5.41) is 0.622. The first-order valence-electron chi connectivity index (χ1n) is 10.9. The molecule has 3 aromatic heterocycles. The van der Waals surface area contributed by atoms with Crippen LogP contribution in [-0.4, -0.2) is 64.2 Å². The average molecular weight is 442 g/mol. The van der Waals surface area contributed by atoms with Gasteiger partial charge in [-0.2, -0.15) is 13.2 Å². The highest BCUT2D eigenvalue weighted by Crippen LogP contribution is 2.41. The Morgan fingerprint density at radius 2 is 1.75 bits per heavy atom. The SMILES string of the molecule is CN1CCC2(CCN(c3nc(-c4ccncc4)nc4cnc(CC(F)(F)F)cc34)CC2)C1. The van der Waals surface area contributed by atoms with Crippen molar-refractivity contribution in [1.29, 1.82) is 0 Å². The number of aromatic nitrogens is 4. The van der Waals surface area contributed by atoms with Crippen LogP contribution in [0.3, 0.4) is 0 Å². The summed E-state index contributed by atoms with van der Waals surface area (Å²) in [7, 11) is 2.16. The van der Waals surface area contributed by atoms with Crippen LogP contribution in [0.1, 0.15) is 25.0 Å². The quantitative estimate of drug-likeness (QED) is 0.609. The summed E-state index contributed by atoms with van der Waals surface area (Å²) in [6.45, 7) is 3.88. The molecule has 0 radical (unpaired) electrons. The second kappa shape index (κ2) is 7.95. The molecule has 2 saturated heterocycles. The van der Waals surface area contributed by atoms with Crippen molar-refractivity contribution in [2.24, 2.45) is 5.41 Å². The molecule has 0 N–H and O–H groups in total. The third-order valence-electron chi connectivity index (χ3n) is 6.69. The highest BCUT2D eigenvalue weighted by molar-refractivity contribution is 5.91. The molecule has 3 aromatic rings. The fourth-order valence-corrected chi connectivity index (χ4v) is 4.99. The molecule has 168 valence electrons. The van der Waals surface area contributed by atoms with E-state index in [0.29, 0.717) is 28.0 Å². The first kappa shape index (κ1) is 21.1. The molecule has 2 aliphatic heterocycles. The number of fused-ring (bicyclic) bond motifs is 1. The minimum absolute atomic E-state index is 0.0163. The molecular formula is C23H25F3N6. The molecule has 1 spiro atoms. The standard InChI is InChI=1S/C23H25F3N6/c1-31-9-4-22(15-31)5-10-32(11-6-22)21-18-12-17(13-23(24,25)26)28-14-19(18)29-20(30-21)16-2-7-27-8-3-16/h2-3,7-8,12,14H,4-6,9-11,13,15H2,1H3. The molecule has 0 unspecified atom stereocenters. The number of rotatable bonds is 3. The van der Waals surface area contributed by atoms with Crippen molar-refractivity contribution in [1.82, 2.24) is 24.8 Å². The zero-order valence-corrected chi connectivity index (χ0v) is 17.9. The van der Waals surface area contributed by atoms with Gasteiger partial charge in [-0.15, -0.1) is 0 Å². The summed E-state index contributed by atoms with van der Waals surface area (Å²) >= 11 is 0. The zero-order chi connectivity index (χ0) is 22.3. The Bertz CT molecular complexity index is 1110. The van der Waals surface area contributed by atoms with Crippen LogP contribution in [-0.2, 0) is 6.42 Å². The van der Waals surface area contributed by atoms with E-state index in [1.807, 2.05) is 12.1 Å². The van der Waals surface area contributed by atoms with Gasteiger partial charge in [0, 0.05) is 43.0 Å². The maximum Gasteiger partial charge on any atom is 0.394 e. The third-order valence-corrected chi connectivity index (χ3v) is 6.69. The Hall–Kier alpha value is -2.81. The van der Waals surface area contributed by atoms with E-state index >= 15 is 0 Å². The van der Waals surface area contributed by atoms with Crippen molar-refractivity contribution in [2.75, 3.05) is 38.1 Å². The van der Waals surface area contributed by atoms with Crippen LogP contribution < -0.4 is 4.90 Å². The van der Waals surface area contributed by atoms with Crippen molar-refractivity contribution in [3.63, 3.8) is 0 Å². The van der Waals surface area contributed by atoms with Gasteiger partial charge in [0.2, 0.25) is 0 Å². The van der Waals surface area contributed by atoms with E-state index in [0.717, 1.165) is 44.6 Å². The van der Waals surface area contributed by atoms with Crippen molar-refractivity contribution in [3.05, 3.63) is 42.5 Å². The third kappa shape index (κ3) is 4.26. The van der Waals surface area contributed by atoms with Crippen molar-refractivity contribution >= 4 is 16.7 Å². The molecule has 0 aromatic carbocycles. The van der Waals surface area contributed by atoms with Gasteiger partial charge in [0.05, 0.1) is 23.8 Å². The maximum absolute atomic E-state index is 13.0. The van der Waals surface area contributed by atoms with Crippen LogP contribution in [0.2, 0.25) is 0 Å². The Kier molecular flexibility index (Phi) is 5.23. The van der Waals surface area contributed by atoms with Gasteiger partial charge in [-0.1, -0.05) is 0 Å². The summed E-state index contributed by atoms with van der Waals surface area (Å²) in [5.41, 5.74) is 1.69. The molecule has 2 fully saturated rings. The predicted molar refractivity (Wildman–Crippen MR) is 116 cm³/mol. The highest BCUT2D eigenvalue weighted by atomic mass is 19.4. The molecule has 0 amide bonds. The van der Waals surface area contributed by atoms with Crippen molar-refractivity contribution in [3.8, 4) is 11.4 Å². The van der Waals surface area contributed by atoms with Gasteiger partial charge in [0.15, 0.2) is 5.82 Å². The molecular weight excluding hydrogens is 417 g/mol. The number of alkyl halides is 3. The molecule has 0 aliphatic carbocycles. The zero-order valence-electron chi connectivity index (χ0n) is 17.9. The number of halogens is 3. The Labute approximate surface area is 184 Å². The number of anilines is 1. The monoisotopic (exact) mass is 442 g/mol. The van der Waals surface area contributed by atoms with Gasteiger partial charge in [0.25, 0.3) is 0 Å². The number of likely N-dealkylation sites (tertiary alicyclic amines) is 1. The van der Waals surface area contributed by atoms with E-state index in [9.17, 15) is 13.2 Å². The lowest BCUT2D eigenvalue weighted by Crippen LogP contribution is -2.41. The van der Waals surface area contributed by atoms with E-state index in [4.69, 9.17) is 4.98 Å². The summed E-state index contributed by atoms with van der Waals surface area (Å²) in [4.78, 5) is 22.1. The summed E-state index contributed by atoms with van der Waals surface area (Å²) in [6.07, 6.45) is 2.70. The number of hydrogen-bond donors (Lipinski definition) is 0. The Morgan fingerprint density at radius 1 is 1.03 bits per heavy atom. The molecule has 5 heterocycles. The fraction of sp³-hybridized carbons (Fsp3) is 0.478. The van der Waals surface area contributed by atoms with Crippen LogP contribution >= 0.6 is 0 Å². The molecule has 5 rings (SSSR count). The number of hydrogen-bond acceptors (Lipinski definition) is 6. The van der Waals surface area contributed by atoms with Gasteiger partial charge in [-0.3, -0.25) is 9.97 Å². The van der Waals surface area contributed by atoms with Gasteiger partial charge in [-0.25, -0.2) is 9.97 Å². The lowest BCUT2D eigenvalue weighted by molar-refractivity contribution is -0.127. The molecule has 0 atom stereocenters. The minimum Gasteiger partial charge on any atom is -0.356 e. The van der Waals surface area contributed by atoms with Crippen molar-refractivity contribution < 1.29 is 13.2 Å². The van der Waals surface area contributed by atoms with E-state index in [2.05, 4.69) is 31.8 Å². The van der Waals surface area contributed by atoms with E-state index in [1.165, 1.54) is 18.7 Å². The Morgan fingerprint density at radius 3 is 2.41 bits per heavy atom. The predicted octanol–water partition coefficient (Wildman–Crippen LogP) is 4.11. The Balaban J connectivity index is 1.54. The molecule has 9 heteroatoms. The van der Waals surface area contributed by atoms with Crippen LogP contribution in [0.15, 0.2) is 36.8 Å². The number of piperidine rings is 1. The number of nitrogens with zero attached hydrogens (tertiary/aromatic N) is 6. The smallest absolute Gasteiger partial charge is 0.356 e. The van der Waals surface area contributed by atoms with E-state index < -0.39 is 12.6 Å². The van der Waals surface area contributed by atoms with Crippen LogP contribution in [0.4, 0.5) is 19.0 Å². The minimum atomic E-state index is -4.31. The largest absolute Gasteiger partial charge is 0.394 e. The maximum atomic E-state index is 13.0. The summed E-state index contributed by atoms with van der Waals surface area (Å²) in [5.74, 6) is 1.22. The second-order valence-corrected chi connectivity index (χ2v) is 9.07. The number of pyridine rings is 2. The fourth-order valence-electron chi connectivity index (χ4n) is 4.99. The lowest BCUT2D eigenvalue weighted by atomic mass is 9.78. The average Bonchev–Trinajstić information content (AvgIpc) is 3.13. The first-order valence-corrected chi connectivity index (χ1v) is 10.9. The van der Waals surface area contributed by atoms with E-state index in [-0.39, 0.29) is 5.69 Å². The van der Waals surface area contributed by atoms with Gasteiger partial charge < -0.3 is 9.80 Å². The van der Waals surface area contributed by atoms with E-state index in [1.54, 1.807) is 12.4 Å². The van der Waals surface area contributed by atoms with Crippen LogP contribution in [0, 0.1) is 5.41 Å². The molecule has 0 saturated carbocycles.